The first-order valence-electron chi connectivity index (χ1n) is 8.73. The third-order valence-corrected chi connectivity index (χ3v) is 6.53. The second-order valence-corrected chi connectivity index (χ2v) is 7.50. The molecule has 3 rings (SSSR count). The van der Waals surface area contributed by atoms with Crippen molar-refractivity contribution in [3.05, 3.63) is 0 Å². The number of hydrogen-bond donors (Lipinski definition) is 1. The largest absolute Gasteiger partial charge is 0.392 e. The zero-order valence-corrected chi connectivity index (χ0v) is 14.2. The SMILES string of the molecule is CCOC1CC(O)C12CCN(C(=O)C1(N(C)C)CCC1)CC2. The number of likely N-dealkylation sites (tertiary alicyclic amines) is 1. The minimum atomic E-state index is -0.262. The van der Waals surface area contributed by atoms with Crippen LogP contribution in [-0.2, 0) is 9.53 Å². The van der Waals surface area contributed by atoms with Crippen molar-refractivity contribution in [1.29, 1.82) is 0 Å². The Morgan fingerprint density at radius 2 is 1.91 bits per heavy atom. The molecule has 3 fully saturated rings. The Morgan fingerprint density at radius 3 is 2.32 bits per heavy atom. The number of carbonyl (C=O) groups excluding carboxylic acids is 1. The molecule has 0 bridgehead atoms. The van der Waals surface area contributed by atoms with Crippen molar-refractivity contribution in [3.8, 4) is 0 Å². The first-order valence-corrected chi connectivity index (χ1v) is 8.73. The van der Waals surface area contributed by atoms with Crippen molar-refractivity contribution >= 4 is 5.91 Å². The second-order valence-electron chi connectivity index (χ2n) is 7.50. The quantitative estimate of drug-likeness (QED) is 0.849. The van der Waals surface area contributed by atoms with Gasteiger partial charge in [0.1, 0.15) is 5.54 Å². The van der Waals surface area contributed by atoms with Crippen LogP contribution in [0.15, 0.2) is 0 Å². The molecule has 2 atom stereocenters. The Bertz CT molecular complexity index is 424. The number of likely N-dealkylation sites (N-methyl/N-ethyl adjacent to an activating group) is 1. The van der Waals surface area contributed by atoms with Crippen molar-refractivity contribution < 1.29 is 14.6 Å². The number of hydrogen-bond acceptors (Lipinski definition) is 4. The molecule has 1 spiro atoms. The summed E-state index contributed by atoms with van der Waals surface area (Å²) in [5.41, 5.74) is -0.361. The minimum absolute atomic E-state index is 0.0995. The molecule has 0 aromatic rings. The Morgan fingerprint density at radius 1 is 1.27 bits per heavy atom. The summed E-state index contributed by atoms with van der Waals surface area (Å²) >= 11 is 0. The van der Waals surface area contributed by atoms with E-state index in [9.17, 15) is 9.90 Å². The van der Waals surface area contributed by atoms with Gasteiger partial charge in [0.15, 0.2) is 0 Å². The molecular weight excluding hydrogens is 280 g/mol. The van der Waals surface area contributed by atoms with Crippen molar-refractivity contribution in [2.24, 2.45) is 5.41 Å². The lowest BCUT2D eigenvalue weighted by Crippen LogP contribution is -2.66. The van der Waals surface area contributed by atoms with Gasteiger partial charge in [0.2, 0.25) is 5.91 Å². The summed E-state index contributed by atoms with van der Waals surface area (Å²) in [6.45, 7) is 4.23. The summed E-state index contributed by atoms with van der Waals surface area (Å²) in [6.07, 6.45) is 5.51. The first-order chi connectivity index (χ1) is 10.5. The highest BCUT2D eigenvalue weighted by Crippen LogP contribution is 2.51. The van der Waals surface area contributed by atoms with Gasteiger partial charge in [-0.05, 0) is 53.1 Å². The third kappa shape index (κ3) is 2.21. The molecule has 2 unspecified atom stereocenters. The highest BCUT2D eigenvalue weighted by Gasteiger charge is 2.57. The minimum Gasteiger partial charge on any atom is -0.392 e. The lowest BCUT2D eigenvalue weighted by molar-refractivity contribution is -0.211. The molecule has 5 heteroatoms. The predicted octanol–water partition coefficient (Wildman–Crippen LogP) is 1.25. The second kappa shape index (κ2) is 5.77. The molecule has 1 saturated heterocycles. The van der Waals surface area contributed by atoms with Gasteiger partial charge in [0.05, 0.1) is 12.2 Å². The molecule has 1 heterocycles. The fourth-order valence-electron chi connectivity index (χ4n) is 4.60. The van der Waals surface area contributed by atoms with Gasteiger partial charge >= 0.3 is 0 Å². The first kappa shape index (κ1) is 16.2. The van der Waals surface area contributed by atoms with Crippen LogP contribution in [0.1, 0.15) is 45.4 Å². The van der Waals surface area contributed by atoms with E-state index in [1.807, 2.05) is 25.9 Å². The van der Waals surface area contributed by atoms with E-state index in [1.54, 1.807) is 0 Å². The number of nitrogens with zero attached hydrogens (tertiary/aromatic N) is 2. The van der Waals surface area contributed by atoms with E-state index in [0.29, 0.717) is 12.5 Å². The zero-order chi connectivity index (χ0) is 16.0. The maximum Gasteiger partial charge on any atom is 0.243 e. The van der Waals surface area contributed by atoms with Crippen LogP contribution in [0.4, 0.5) is 0 Å². The van der Waals surface area contributed by atoms with Gasteiger partial charge in [-0.1, -0.05) is 0 Å². The van der Waals surface area contributed by atoms with Crippen molar-refractivity contribution in [2.45, 2.75) is 63.2 Å². The monoisotopic (exact) mass is 310 g/mol. The topological polar surface area (TPSA) is 53.0 Å². The van der Waals surface area contributed by atoms with Crippen LogP contribution in [0.2, 0.25) is 0 Å². The predicted molar refractivity (Wildman–Crippen MR) is 84.6 cm³/mol. The van der Waals surface area contributed by atoms with Crippen LogP contribution in [0, 0.1) is 5.41 Å². The van der Waals surface area contributed by atoms with Crippen LogP contribution in [0.3, 0.4) is 0 Å². The van der Waals surface area contributed by atoms with Crippen LogP contribution in [-0.4, -0.2) is 72.4 Å². The number of rotatable bonds is 4. The summed E-state index contributed by atoms with van der Waals surface area (Å²) in [5.74, 6) is 0.292. The van der Waals surface area contributed by atoms with Gasteiger partial charge in [0, 0.05) is 31.5 Å². The molecule has 0 radical (unpaired) electrons. The Balaban J connectivity index is 1.63. The number of ether oxygens (including phenoxy) is 1. The van der Waals surface area contributed by atoms with Gasteiger partial charge in [0.25, 0.3) is 0 Å². The average molecular weight is 310 g/mol. The van der Waals surface area contributed by atoms with Gasteiger partial charge in [-0.25, -0.2) is 0 Å². The molecule has 0 aromatic carbocycles. The van der Waals surface area contributed by atoms with E-state index in [2.05, 4.69) is 4.90 Å². The fraction of sp³-hybridized carbons (Fsp3) is 0.941. The molecule has 3 aliphatic rings. The lowest BCUT2D eigenvalue weighted by Gasteiger charge is -2.57. The van der Waals surface area contributed by atoms with Gasteiger partial charge in [-0.3, -0.25) is 9.69 Å². The van der Waals surface area contributed by atoms with E-state index in [1.165, 1.54) is 0 Å². The summed E-state index contributed by atoms with van der Waals surface area (Å²) in [4.78, 5) is 17.1. The summed E-state index contributed by atoms with van der Waals surface area (Å²) in [6, 6.07) is 0. The highest BCUT2D eigenvalue weighted by molar-refractivity contribution is 5.87. The molecule has 2 saturated carbocycles. The molecule has 126 valence electrons. The van der Waals surface area contributed by atoms with Crippen molar-refractivity contribution in [1.82, 2.24) is 9.80 Å². The standard InChI is InChI=1S/C17H30N2O3/c1-4-22-14-12-13(20)16(14)8-10-19(11-9-16)15(21)17(18(2)3)6-5-7-17/h13-14,20H,4-12H2,1-3H3. The Labute approximate surface area is 133 Å². The maximum absolute atomic E-state index is 12.9. The molecular formula is C17H30N2O3. The van der Waals surface area contributed by atoms with E-state index in [-0.39, 0.29) is 23.2 Å². The number of amides is 1. The van der Waals surface area contributed by atoms with Crippen LogP contribution in [0.5, 0.6) is 0 Å². The number of aliphatic hydroxyl groups is 1. The molecule has 22 heavy (non-hydrogen) atoms. The zero-order valence-electron chi connectivity index (χ0n) is 14.2. The van der Waals surface area contributed by atoms with Gasteiger partial charge in [-0.15, -0.1) is 0 Å². The molecule has 1 aliphatic heterocycles. The fourth-order valence-corrected chi connectivity index (χ4v) is 4.60. The van der Waals surface area contributed by atoms with Gasteiger partial charge < -0.3 is 14.7 Å². The maximum atomic E-state index is 12.9. The smallest absolute Gasteiger partial charge is 0.243 e. The average Bonchev–Trinajstić information content (AvgIpc) is 2.45. The number of carbonyl (C=O) groups is 1. The summed E-state index contributed by atoms with van der Waals surface area (Å²) < 4.78 is 5.80. The van der Waals surface area contributed by atoms with Crippen molar-refractivity contribution in [2.75, 3.05) is 33.8 Å². The molecule has 0 aromatic heterocycles. The normalized spacial score (nSPS) is 32.7. The van der Waals surface area contributed by atoms with Crippen molar-refractivity contribution in [3.63, 3.8) is 0 Å². The van der Waals surface area contributed by atoms with E-state index >= 15 is 0 Å². The van der Waals surface area contributed by atoms with Gasteiger partial charge in [-0.2, -0.15) is 0 Å². The molecule has 5 nitrogen and oxygen atoms in total. The van der Waals surface area contributed by atoms with Crippen LogP contribution in [0.25, 0.3) is 0 Å². The highest BCUT2D eigenvalue weighted by atomic mass is 16.5. The Kier molecular flexibility index (Phi) is 4.25. The number of aliphatic hydroxyl groups excluding tert-OH is 1. The lowest BCUT2D eigenvalue weighted by atomic mass is 9.58. The third-order valence-electron chi connectivity index (χ3n) is 6.53. The van der Waals surface area contributed by atoms with E-state index in [4.69, 9.17) is 4.74 Å². The molecule has 1 N–H and O–H groups in total. The molecule has 1 amide bonds. The summed E-state index contributed by atoms with van der Waals surface area (Å²) in [5, 5.41) is 10.3. The molecule has 2 aliphatic carbocycles. The van der Waals surface area contributed by atoms with E-state index in [0.717, 1.165) is 51.6 Å². The van der Waals surface area contributed by atoms with E-state index < -0.39 is 0 Å². The summed E-state index contributed by atoms with van der Waals surface area (Å²) in [7, 11) is 4.03. The van der Waals surface area contributed by atoms with Crippen LogP contribution >= 0.6 is 0 Å². The van der Waals surface area contributed by atoms with Crippen LogP contribution < -0.4 is 0 Å². The Hall–Kier alpha value is -0.650. The number of piperidine rings is 1.